The number of methoxy groups -OCH3 is 1. The molecule has 1 aromatic carbocycles. The Morgan fingerprint density at radius 2 is 2.06 bits per heavy atom. The highest BCUT2D eigenvalue weighted by atomic mass is 79.9. The molecule has 0 amide bonds. The lowest BCUT2D eigenvalue weighted by atomic mass is 9.80. The number of anilines is 1. The number of ether oxygens (including phenoxy) is 1. The fraction of sp³-hybridized carbons (Fsp3) is 0.600. The lowest BCUT2D eigenvalue weighted by Gasteiger charge is -2.34. The molecule has 1 fully saturated rings. The van der Waals surface area contributed by atoms with Crippen LogP contribution in [0.2, 0.25) is 0 Å². The zero-order valence-electron chi connectivity index (χ0n) is 11.4. The van der Waals surface area contributed by atoms with Gasteiger partial charge >= 0.3 is 0 Å². The van der Waals surface area contributed by atoms with Gasteiger partial charge in [0.1, 0.15) is 5.75 Å². The second kappa shape index (κ2) is 5.96. The average Bonchev–Trinajstić information content (AvgIpc) is 2.34. The molecule has 0 aromatic heterocycles. The van der Waals surface area contributed by atoms with Gasteiger partial charge < -0.3 is 10.1 Å². The number of rotatable bonds is 3. The van der Waals surface area contributed by atoms with E-state index in [4.69, 9.17) is 4.74 Å². The molecule has 1 aromatic rings. The van der Waals surface area contributed by atoms with E-state index in [1.807, 2.05) is 6.07 Å². The molecule has 3 heteroatoms. The molecule has 0 bridgehead atoms. The zero-order valence-corrected chi connectivity index (χ0v) is 13.0. The fourth-order valence-electron chi connectivity index (χ4n) is 2.70. The third-order valence-electron chi connectivity index (χ3n) is 3.96. The summed E-state index contributed by atoms with van der Waals surface area (Å²) < 4.78 is 6.26. The van der Waals surface area contributed by atoms with E-state index in [1.54, 1.807) is 7.11 Å². The van der Waals surface area contributed by atoms with Crippen LogP contribution in [0.5, 0.6) is 5.75 Å². The van der Waals surface area contributed by atoms with Gasteiger partial charge in [-0.2, -0.15) is 0 Å². The standard InChI is InChI=1S/C15H22BrNO/c1-10-4-5-11(2)14(8-10)17-12-6-7-15(18-3)13(16)9-12/h6-7,9-11,14,17H,4-5,8H2,1-3H3. The lowest BCUT2D eigenvalue weighted by Crippen LogP contribution is -2.33. The summed E-state index contributed by atoms with van der Waals surface area (Å²) in [5.74, 6) is 2.47. The summed E-state index contributed by atoms with van der Waals surface area (Å²) in [5, 5.41) is 3.67. The van der Waals surface area contributed by atoms with Crippen LogP contribution in [0.15, 0.2) is 22.7 Å². The minimum atomic E-state index is 0.592. The van der Waals surface area contributed by atoms with Crippen LogP contribution in [0, 0.1) is 11.8 Å². The van der Waals surface area contributed by atoms with Crippen molar-refractivity contribution in [2.24, 2.45) is 11.8 Å². The van der Waals surface area contributed by atoms with Crippen LogP contribution in [-0.4, -0.2) is 13.2 Å². The Bertz CT molecular complexity index is 407. The summed E-state index contributed by atoms with van der Waals surface area (Å²) in [6.45, 7) is 4.70. The van der Waals surface area contributed by atoms with Crippen molar-refractivity contribution in [1.29, 1.82) is 0 Å². The Morgan fingerprint density at radius 3 is 2.72 bits per heavy atom. The fourth-order valence-corrected chi connectivity index (χ4v) is 3.24. The number of halogens is 1. The van der Waals surface area contributed by atoms with Crippen molar-refractivity contribution in [1.82, 2.24) is 0 Å². The van der Waals surface area contributed by atoms with E-state index < -0.39 is 0 Å². The molecule has 0 saturated heterocycles. The van der Waals surface area contributed by atoms with Crippen molar-refractivity contribution < 1.29 is 4.74 Å². The lowest BCUT2D eigenvalue weighted by molar-refractivity contribution is 0.280. The molecule has 1 aliphatic carbocycles. The Balaban J connectivity index is 2.06. The van der Waals surface area contributed by atoms with Crippen molar-refractivity contribution in [3.63, 3.8) is 0 Å². The van der Waals surface area contributed by atoms with E-state index in [0.717, 1.165) is 22.1 Å². The summed E-state index contributed by atoms with van der Waals surface area (Å²) in [6.07, 6.45) is 3.96. The second-order valence-corrected chi connectivity index (χ2v) is 6.35. The molecule has 0 radical (unpaired) electrons. The van der Waals surface area contributed by atoms with E-state index >= 15 is 0 Å². The first-order valence-corrected chi connectivity index (χ1v) is 7.49. The molecule has 3 atom stereocenters. The van der Waals surface area contributed by atoms with Crippen LogP contribution >= 0.6 is 15.9 Å². The third-order valence-corrected chi connectivity index (χ3v) is 4.58. The normalized spacial score (nSPS) is 27.9. The van der Waals surface area contributed by atoms with Crippen molar-refractivity contribution in [2.75, 3.05) is 12.4 Å². The summed E-state index contributed by atoms with van der Waals surface area (Å²) in [4.78, 5) is 0. The highest BCUT2D eigenvalue weighted by Gasteiger charge is 2.25. The number of hydrogen-bond donors (Lipinski definition) is 1. The maximum Gasteiger partial charge on any atom is 0.133 e. The van der Waals surface area contributed by atoms with Gasteiger partial charge in [0.2, 0.25) is 0 Å². The molecule has 100 valence electrons. The van der Waals surface area contributed by atoms with Crippen molar-refractivity contribution >= 4 is 21.6 Å². The summed E-state index contributed by atoms with van der Waals surface area (Å²) in [6, 6.07) is 6.79. The first-order valence-electron chi connectivity index (χ1n) is 6.70. The van der Waals surface area contributed by atoms with Gasteiger partial charge in [-0.1, -0.05) is 20.3 Å². The summed E-state index contributed by atoms with van der Waals surface area (Å²) in [5.41, 5.74) is 1.17. The Hall–Kier alpha value is -0.700. The van der Waals surface area contributed by atoms with Crippen molar-refractivity contribution in [3.05, 3.63) is 22.7 Å². The molecule has 1 N–H and O–H groups in total. The van der Waals surface area contributed by atoms with Gasteiger partial charge in [-0.3, -0.25) is 0 Å². The quantitative estimate of drug-likeness (QED) is 0.874. The summed E-state index contributed by atoms with van der Waals surface area (Å²) in [7, 11) is 1.69. The van der Waals surface area contributed by atoms with Crippen LogP contribution in [-0.2, 0) is 0 Å². The van der Waals surface area contributed by atoms with E-state index in [0.29, 0.717) is 6.04 Å². The molecule has 0 spiro atoms. The predicted molar refractivity (Wildman–Crippen MR) is 80.3 cm³/mol. The number of nitrogens with one attached hydrogen (secondary N) is 1. The smallest absolute Gasteiger partial charge is 0.133 e. The third kappa shape index (κ3) is 3.19. The molecule has 2 nitrogen and oxygen atoms in total. The zero-order chi connectivity index (χ0) is 13.1. The van der Waals surface area contributed by atoms with Gasteiger partial charge in [0.25, 0.3) is 0 Å². The van der Waals surface area contributed by atoms with Crippen LogP contribution < -0.4 is 10.1 Å². The summed E-state index contributed by atoms with van der Waals surface area (Å²) >= 11 is 3.53. The van der Waals surface area contributed by atoms with Crippen LogP contribution in [0.3, 0.4) is 0 Å². The van der Waals surface area contributed by atoms with Gasteiger partial charge in [0.05, 0.1) is 11.6 Å². The van der Waals surface area contributed by atoms with Crippen LogP contribution in [0.1, 0.15) is 33.1 Å². The first-order chi connectivity index (χ1) is 8.60. The number of benzene rings is 1. The van der Waals surface area contributed by atoms with Gasteiger partial charge in [-0.05, 0) is 58.8 Å². The molecular weight excluding hydrogens is 290 g/mol. The molecule has 18 heavy (non-hydrogen) atoms. The Labute approximate surface area is 118 Å². The van der Waals surface area contributed by atoms with E-state index in [-0.39, 0.29) is 0 Å². The van der Waals surface area contributed by atoms with Gasteiger partial charge in [0, 0.05) is 11.7 Å². The largest absolute Gasteiger partial charge is 0.496 e. The molecule has 1 saturated carbocycles. The SMILES string of the molecule is COc1ccc(NC2CC(C)CCC2C)cc1Br. The van der Waals surface area contributed by atoms with Crippen molar-refractivity contribution in [2.45, 2.75) is 39.2 Å². The second-order valence-electron chi connectivity index (χ2n) is 5.50. The topological polar surface area (TPSA) is 21.3 Å². The molecular formula is C15H22BrNO. The van der Waals surface area contributed by atoms with Gasteiger partial charge in [0.15, 0.2) is 0 Å². The van der Waals surface area contributed by atoms with E-state index in [2.05, 4.69) is 47.2 Å². The van der Waals surface area contributed by atoms with E-state index in [1.165, 1.54) is 24.9 Å². The van der Waals surface area contributed by atoms with E-state index in [9.17, 15) is 0 Å². The van der Waals surface area contributed by atoms with Gasteiger partial charge in [-0.25, -0.2) is 0 Å². The minimum absolute atomic E-state index is 0.592. The maximum absolute atomic E-state index is 5.25. The average molecular weight is 312 g/mol. The number of hydrogen-bond acceptors (Lipinski definition) is 2. The maximum atomic E-state index is 5.25. The highest BCUT2D eigenvalue weighted by molar-refractivity contribution is 9.10. The van der Waals surface area contributed by atoms with Crippen LogP contribution in [0.4, 0.5) is 5.69 Å². The Kier molecular flexibility index (Phi) is 4.55. The molecule has 2 rings (SSSR count). The molecule has 0 aliphatic heterocycles. The van der Waals surface area contributed by atoms with Gasteiger partial charge in [-0.15, -0.1) is 0 Å². The van der Waals surface area contributed by atoms with Crippen LogP contribution in [0.25, 0.3) is 0 Å². The predicted octanol–water partition coefficient (Wildman–Crippen LogP) is 4.69. The first kappa shape index (κ1) is 13.7. The Morgan fingerprint density at radius 1 is 1.28 bits per heavy atom. The van der Waals surface area contributed by atoms with Crippen molar-refractivity contribution in [3.8, 4) is 5.75 Å². The molecule has 1 aliphatic rings. The molecule has 0 heterocycles. The minimum Gasteiger partial charge on any atom is -0.496 e. The monoisotopic (exact) mass is 311 g/mol. The molecule has 3 unspecified atom stereocenters. The highest BCUT2D eigenvalue weighted by Crippen LogP contribution is 2.33.